The Hall–Kier alpha value is -2.83. The maximum absolute atomic E-state index is 11.8. The Bertz CT molecular complexity index is 651. The molecular formula is C14H12NO6-. The number of Topliss-reactive ketones (excluding diaryl/α,β-unsaturated/α-hetero) is 1. The summed E-state index contributed by atoms with van der Waals surface area (Å²) in [5, 5.41) is 23.0. The van der Waals surface area contributed by atoms with Crippen LogP contribution in [0.4, 0.5) is 5.69 Å². The molecule has 0 spiro atoms. The average molecular weight is 290 g/mol. The van der Waals surface area contributed by atoms with Gasteiger partial charge in [-0.3, -0.25) is 9.59 Å². The van der Waals surface area contributed by atoms with E-state index in [1.54, 1.807) is 0 Å². The molecule has 1 aromatic rings. The first-order valence-electron chi connectivity index (χ1n) is 6.05. The second-order valence-corrected chi connectivity index (χ2v) is 4.58. The van der Waals surface area contributed by atoms with Crippen molar-refractivity contribution in [1.82, 2.24) is 0 Å². The molecule has 1 fully saturated rings. The number of rotatable bonds is 4. The molecule has 110 valence electrons. The lowest BCUT2D eigenvalue weighted by Crippen LogP contribution is -2.23. The van der Waals surface area contributed by atoms with Crippen LogP contribution in [0.3, 0.4) is 0 Å². The zero-order valence-electron chi connectivity index (χ0n) is 11.1. The van der Waals surface area contributed by atoms with Gasteiger partial charge in [0.25, 0.3) is 0 Å². The van der Waals surface area contributed by atoms with E-state index in [0.29, 0.717) is 0 Å². The molecule has 1 aliphatic rings. The predicted octanol–water partition coefficient (Wildman–Crippen LogP) is 0.515. The van der Waals surface area contributed by atoms with Crippen molar-refractivity contribution in [3.63, 3.8) is 0 Å². The van der Waals surface area contributed by atoms with Gasteiger partial charge in [0.2, 0.25) is 0 Å². The Kier molecular flexibility index (Phi) is 3.66. The Morgan fingerprint density at radius 3 is 2.57 bits per heavy atom. The first-order valence-corrected chi connectivity index (χ1v) is 6.05. The van der Waals surface area contributed by atoms with Crippen LogP contribution in [-0.2, 0) is 14.3 Å². The number of cyclic esters (lactones) is 1. The van der Waals surface area contributed by atoms with E-state index in [1.807, 2.05) is 0 Å². The van der Waals surface area contributed by atoms with Gasteiger partial charge in [-0.1, -0.05) is 12.3 Å². The number of carboxylic acid groups (broad SMARTS) is 1. The van der Waals surface area contributed by atoms with E-state index in [2.05, 4.69) is 11.9 Å². The maximum Gasteiger partial charge on any atom is 0.335 e. The minimum absolute atomic E-state index is 0.0804. The number of ether oxygens (including phenoxy) is 1. The molecule has 1 saturated heterocycles. The third-order valence-electron chi connectivity index (χ3n) is 3.08. The van der Waals surface area contributed by atoms with Crippen LogP contribution in [0.1, 0.15) is 17.3 Å². The van der Waals surface area contributed by atoms with Gasteiger partial charge in [-0.25, -0.2) is 4.79 Å². The summed E-state index contributed by atoms with van der Waals surface area (Å²) in [4.78, 5) is 34.1. The smallest absolute Gasteiger partial charge is 0.335 e. The van der Waals surface area contributed by atoms with Gasteiger partial charge in [0, 0.05) is 11.4 Å². The highest BCUT2D eigenvalue weighted by Crippen LogP contribution is 2.26. The molecule has 1 aromatic carbocycles. The first-order chi connectivity index (χ1) is 9.81. The number of benzene rings is 1. The van der Waals surface area contributed by atoms with Gasteiger partial charge in [0.05, 0.1) is 5.56 Å². The summed E-state index contributed by atoms with van der Waals surface area (Å²) in [6.07, 6.45) is -0.828. The van der Waals surface area contributed by atoms with Gasteiger partial charge < -0.3 is 20.3 Å². The van der Waals surface area contributed by atoms with E-state index >= 15 is 0 Å². The minimum Gasteiger partial charge on any atom is -0.872 e. The van der Waals surface area contributed by atoms with Gasteiger partial charge >= 0.3 is 11.9 Å². The summed E-state index contributed by atoms with van der Waals surface area (Å²) in [7, 11) is 0. The molecule has 0 saturated carbocycles. The number of aromatic carboxylic acids is 1. The van der Waals surface area contributed by atoms with Gasteiger partial charge in [-0.15, -0.1) is 0 Å². The molecule has 2 N–H and O–H groups in total. The van der Waals surface area contributed by atoms with Crippen molar-refractivity contribution in [3.05, 3.63) is 36.0 Å². The van der Waals surface area contributed by atoms with Crippen LogP contribution in [0.25, 0.3) is 0 Å². The standard InChI is InChI=1S/C14H13NO6/c1-6(11-12(17)7(2)21-14(11)20)15-8-3-4-9(13(18)19)10(16)5-8/h3-5,7,11,15-16H,1H2,2H3,(H,18,19)/p-1/t7-,11-/m1/s1. The summed E-state index contributed by atoms with van der Waals surface area (Å²) < 4.78 is 4.79. The summed E-state index contributed by atoms with van der Waals surface area (Å²) in [5.41, 5.74) is -0.0388. The average Bonchev–Trinajstić information content (AvgIpc) is 2.62. The van der Waals surface area contributed by atoms with Crippen LogP contribution in [0.15, 0.2) is 30.5 Å². The predicted molar refractivity (Wildman–Crippen MR) is 69.7 cm³/mol. The molecule has 7 heteroatoms. The van der Waals surface area contributed by atoms with Gasteiger partial charge in [0.15, 0.2) is 17.8 Å². The molecule has 0 radical (unpaired) electrons. The van der Waals surface area contributed by atoms with Crippen LogP contribution < -0.4 is 10.4 Å². The van der Waals surface area contributed by atoms with Crippen LogP contribution >= 0.6 is 0 Å². The fourth-order valence-electron chi connectivity index (χ4n) is 2.00. The van der Waals surface area contributed by atoms with E-state index in [4.69, 9.17) is 9.84 Å². The van der Waals surface area contributed by atoms with Crippen molar-refractivity contribution in [2.45, 2.75) is 13.0 Å². The highest BCUT2D eigenvalue weighted by molar-refractivity contribution is 6.09. The van der Waals surface area contributed by atoms with Crippen molar-refractivity contribution < 1.29 is 29.3 Å². The number of nitrogens with one attached hydrogen (secondary N) is 1. The lowest BCUT2D eigenvalue weighted by Gasteiger charge is -2.16. The Morgan fingerprint density at radius 1 is 1.43 bits per heavy atom. The fraction of sp³-hybridized carbons (Fsp3) is 0.214. The summed E-state index contributed by atoms with van der Waals surface area (Å²) in [6.45, 7) is 5.07. The molecule has 7 nitrogen and oxygen atoms in total. The zero-order chi connectivity index (χ0) is 15.7. The topological polar surface area (TPSA) is 116 Å². The highest BCUT2D eigenvalue weighted by Gasteiger charge is 2.42. The zero-order valence-corrected chi connectivity index (χ0v) is 11.1. The van der Waals surface area contributed by atoms with Gasteiger partial charge in [0.1, 0.15) is 0 Å². The number of esters is 1. The fourth-order valence-corrected chi connectivity index (χ4v) is 2.00. The second kappa shape index (κ2) is 5.28. The highest BCUT2D eigenvalue weighted by atomic mass is 16.6. The number of carbonyl (C=O) groups is 3. The summed E-state index contributed by atoms with van der Waals surface area (Å²) in [5.74, 6) is -4.26. The molecule has 2 atom stereocenters. The van der Waals surface area contributed by atoms with Crippen LogP contribution in [0.5, 0.6) is 5.75 Å². The van der Waals surface area contributed by atoms with Crippen molar-refractivity contribution >= 4 is 23.4 Å². The Morgan fingerprint density at radius 2 is 2.10 bits per heavy atom. The first kappa shape index (κ1) is 14.6. The van der Waals surface area contributed by atoms with Crippen molar-refractivity contribution in [3.8, 4) is 5.75 Å². The van der Waals surface area contributed by atoms with E-state index in [9.17, 15) is 19.5 Å². The summed E-state index contributed by atoms with van der Waals surface area (Å²) >= 11 is 0. The number of anilines is 1. The van der Waals surface area contributed by atoms with Crippen molar-refractivity contribution in [1.29, 1.82) is 0 Å². The normalized spacial score (nSPS) is 21.0. The van der Waals surface area contributed by atoms with Gasteiger partial charge in [-0.05, 0) is 25.1 Å². The number of ketones is 1. The SMILES string of the molecule is C=C(Nc1ccc(C(=O)O)c([O-])c1)[C@H]1C(=O)O[C@H](C)C1=O. The van der Waals surface area contributed by atoms with E-state index in [-0.39, 0.29) is 16.9 Å². The van der Waals surface area contributed by atoms with Crippen molar-refractivity contribution in [2.24, 2.45) is 5.92 Å². The van der Waals surface area contributed by atoms with E-state index in [0.717, 1.165) is 12.1 Å². The van der Waals surface area contributed by atoms with Gasteiger partial charge in [-0.2, -0.15) is 0 Å². The lowest BCUT2D eigenvalue weighted by molar-refractivity contribution is -0.268. The lowest BCUT2D eigenvalue weighted by atomic mass is 10.0. The van der Waals surface area contributed by atoms with Crippen LogP contribution in [0.2, 0.25) is 0 Å². The number of carboxylic acids is 1. The van der Waals surface area contributed by atoms with Crippen LogP contribution in [0, 0.1) is 5.92 Å². The summed E-state index contributed by atoms with van der Waals surface area (Å²) in [6, 6.07) is 3.55. The van der Waals surface area contributed by atoms with Crippen LogP contribution in [-0.4, -0.2) is 28.9 Å². The molecule has 1 heterocycles. The molecule has 0 aliphatic carbocycles. The molecular weight excluding hydrogens is 278 g/mol. The number of carbonyl (C=O) groups excluding carboxylic acids is 2. The quantitative estimate of drug-likeness (QED) is 0.613. The van der Waals surface area contributed by atoms with E-state index in [1.165, 1.54) is 13.0 Å². The van der Waals surface area contributed by atoms with Crippen molar-refractivity contribution in [2.75, 3.05) is 5.32 Å². The molecule has 2 rings (SSSR count). The molecule has 0 bridgehead atoms. The third-order valence-corrected chi connectivity index (χ3v) is 3.08. The number of hydrogen-bond donors (Lipinski definition) is 2. The monoisotopic (exact) mass is 290 g/mol. The Balaban J connectivity index is 2.17. The molecule has 0 amide bonds. The maximum atomic E-state index is 11.8. The molecule has 0 aromatic heterocycles. The molecule has 21 heavy (non-hydrogen) atoms. The Labute approximate surface area is 119 Å². The van der Waals surface area contributed by atoms with E-state index < -0.39 is 35.5 Å². The largest absolute Gasteiger partial charge is 0.872 e. The minimum atomic E-state index is -1.33. The number of hydrogen-bond acceptors (Lipinski definition) is 6. The third kappa shape index (κ3) is 2.71. The second-order valence-electron chi connectivity index (χ2n) is 4.58. The molecule has 1 aliphatic heterocycles. The molecule has 0 unspecified atom stereocenters.